The number of carboxylic acid groups (broad SMARTS) is 1. The summed E-state index contributed by atoms with van der Waals surface area (Å²) in [6.45, 7) is -1.64. The zero-order valence-corrected chi connectivity index (χ0v) is 22.8. The van der Waals surface area contributed by atoms with Gasteiger partial charge in [0, 0.05) is 54.9 Å². The number of rotatable bonds is 17. The fraction of sp³-hybridized carbons (Fsp3) is 0.375. The Morgan fingerprint density at radius 3 is 1.65 bits per heavy atom. The van der Waals surface area contributed by atoms with Crippen molar-refractivity contribution in [3.05, 3.63) is 54.7 Å². The Balaban J connectivity index is 1.55. The Morgan fingerprint density at radius 2 is 1.14 bits per heavy atom. The first-order chi connectivity index (χ1) is 20.6. The Bertz CT molecular complexity index is 1360. The normalized spacial score (nSPS) is 12.8. The van der Waals surface area contributed by atoms with Crippen molar-refractivity contribution < 1.29 is 33.9 Å². The molecule has 43 heavy (non-hydrogen) atoms. The highest BCUT2D eigenvalue weighted by Gasteiger charge is 2.28. The summed E-state index contributed by atoms with van der Waals surface area (Å²) in [6, 6.07) is -3.36. The van der Waals surface area contributed by atoms with Crippen molar-refractivity contribution in [2.24, 2.45) is 5.73 Å². The third kappa shape index (κ3) is 11.1. The number of carbonyl (C=O) groups is 6. The Morgan fingerprint density at radius 1 is 0.651 bits per heavy atom. The van der Waals surface area contributed by atoms with Gasteiger partial charge >= 0.3 is 5.97 Å². The number of nitrogens with two attached hydrogens (primary N) is 1. The first-order valence-electron chi connectivity index (χ1n) is 12.9. The van der Waals surface area contributed by atoms with E-state index in [1.165, 1.54) is 37.6 Å². The van der Waals surface area contributed by atoms with Gasteiger partial charge in [-0.05, 0) is 0 Å². The summed E-state index contributed by atoms with van der Waals surface area (Å²) in [5, 5.41) is 20.8. The van der Waals surface area contributed by atoms with E-state index < -0.39 is 73.3 Å². The molecule has 5 amide bonds. The molecule has 0 aliphatic carbocycles. The number of aliphatic carboxylic acids is 1. The maximum Gasteiger partial charge on any atom is 0.322 e. The van der Waals surface area contributed by atoms with Crippen LogP contribution < -0.4 is 32.3 Å². The minimum atomic E-state index is -1.28. The topological polar surface area (TPSA) is 295 Å². The maximum absolute atomic E-state index is 13.2. The number of imidazole rings is 3. The molecule has 19 nitrogen and oxygen atoms in total. The van der Waals surface area contributed by atoms with Crippen LogP contribution in [0.2, 0.25) is 0 Å². The van der Waals surface area contributed by atoms with E-state index >= 15 is 0 Å². The molecule has 3 atom stereocenters. The molecule has 230 valence electrons. The number of aromatic amines is 3. The van der Waals surface area contributed by atoms with Crippen molar-refractivity contribution in [2.75, 3.05) is 19.6 Å². The molecule has 0 radical (unpaired) electrons. The maximum atomic E-state index is 13.2. The SMILES string of the molecule is N[C@@H](Cc1cnc[nH]1)C(=O)NCC(=O)NCC(=O)N[C@@H](Cc1cnc[nH]1)C(=O)N[C@@H](Cc1cnc[nH]1)C(=O)NCC(=O)O. The first-order valence-corrected chi connectivity index (χ1v) is 12.9. The van der Waals surface area contributed by atoms with E-state index in [1.807, 2.05) is 0 Å². The number of carboxylic acids is 1. The van der Waals surface area contributed by atoms with Gasteiger partial charge in [-0.2, -0.15) is 0 Å². The molecule has 0 saturated carbocycles. The predicted molar refractivity (Wildman–Crippen MR) is 145 cm³/mol. The van der Waals surface area contributed by atoms with Crippen LogP contribution in [0, 0.1) is 0 Å². The molecule has 3 heterocycles. The van der Waals surface area contributed by atoms with Gasteiger partial charge in [-0.25, -0.2) is 15.0 Å². The third-order valence-electron chi connectivity index (χ3n) is 5.86. The molecule has 0 aliphatic heterocycles. The van der Waals surface area contributed by atoms with Crippen LogP contribution in [-0.2, 0) is 48.0 Å². The first kappa shape index (κ1) is 31.9. The van der Waals surface area contributed by atoms with Crippen molar-refractivity contribution in [2.45, 2.75) is 37.4 Å². The van der Waals surface area contributed by atoms with E-state index in [2.05, 4.69) is 56.5 Å². The van der Waals surface area contributed by atoms with Gasteiger partial charge < -0.3 is 52.4 Å². The standard InChI is InChI=1S/C24H32N12O7/c25-16(1-13-4-26-10-32-13)22(41)30-7-19(37)29-8-20(38)35-18(3-15-6-28-12-34-15)24(43)36-17(2-14-5-27-11-33-14)23(42)31-9-21(39)40/h4-6,10-12,16-18H,1-3,7-9,25H2,(H,26,32)(H,27,33)(H,28,34)(H,29,37)(H,30,41)(H,31,42)(H,35,38)(H,36,43)(H,39,40)/t16-,17-,18-/m0/s1. The monoisotopic (exact) mass is 600 g/mol. The molecule has 0 spiro atoms. The lowest BCUT2D eigenvalue weighted by molar-refractivity contribution is -0.138. The molecule has 0 bridgehead atoms. The minimum Gasteiger partial charge on any atom is -0.480 e. The zero-order chi connectivity index (χ0) is 31.2. The van der Waals surface area contributed by atoms with Crippen molar-refractivity contribution in [1.29, 1.82) is 0 Å². The lowest BCUT2D eigenvalue weighted by atomic mass is 10.1. The van der Waals surface area contributed by atoms with Crippen LogP contribution in [-0.4, -0.2) is 108 Å². The highest BCUT2D eigenvalue weighted by molar-refractivity contribution is 5.94. The number of aromatic nitrogens is 6. The molecule has 0 saturated heterocycles. The summed E-state index contributed by atoms with van der Waals surface area (Å²) in [4.78, 5) is 93.8. The molecule has 3 aromatic heterocycles. The van der Waals surface area contributed by atoms with E-state index in [4.69, 9.17) is 10.8 Å². The van der Waals surface area contributed by atoms with E-state index in [1.54, 1.807) is 0 Å². The number of amides is 5. The van der Waals surface area contributed by atoms with Crippen LogP contribution in [0.4, 0.5) is 0 Å². The van der Waals surface area contributed by atoms with Crippen LogP contribution in [0.1, 0.15) is 17.1 Å². The van der Waals surface area contributed by atoms with Gasteiger partial charge in [0.15, 0.2) is 0 Å². The summed E-state index contributed by atoms with van der Waals surface area (Å²) in [5.41, 5.74) is 7.44. The fourth-order valence-corrected chi connectivity index (χ4v) is 3.72. The van der Waals surface area contributed by atoms with Gasteiger partial charge in [-0.15, -0.1) is 0 Å². The molecule has 3 aromatic rings. The predicted octanol–water partition coefficient (Wildman–Crippen LogP) is -4.39. The largest absolute Gasteiger partial charge is 0.480 e. The molecule has 0 fully saturated rings. The van der Waals surface area contributed by atoms with Gasteiger partial charge in [0.05, 0.1) is 38.1 Å². The molecule has 19 heteroatoms. The quantitative estimate of drug-likeness (QED) is 0.0705. The highest BCUT2D eigenvalue weighted by atomic mass is 16.4. The molecule has 0 unspecified atom stereocenters. The summed E-state index contributed by atoms with van der Waals surface area (Å²) >= 11 is 0. The minimum absolute atomic E-state index is 0.0464. The van der Waals surface area contributed by atoms with Crippen molar-refractivity contribution in [3.8, 4) is 0 Å². The number of carbonyl (C=O) groups excluding carboxylic acids is 5. The lowest BCUT2D eigenvalue weighted by Gasteiger charge is -2.22. The molecule has 3 rings (SSSR count). The zero-order valence-electron chi connectivity index (χ0n) is 22.8. The summed E-state index contributed by atoms with van der Waals surface area (Å²) < 4.78 is 0. The van der Waals surface area contributed by atoms with Gasteiger partial charge in [0.25, 0.3) is 0 Å². The molecule has 11 N–H and O–H groups in total. The van der Waals surface area contributed by atoms with E-state index in [0.29, 0.717) is 17.1 Å². The summed E-state index contributed by atoms with van der Waals surface area (Å²) in [7, 11) is 0. The Kier molecular flexibility index (Phi) is 11.9. The van der Waals surface area contributed by atoms with Crippen molar-refractivity contribution >= 4 is 35.5 Å². The molecule has 0 aromatic carbocycles. The number of H-pyrrole nitrogens is 3. The Hall–Kier alpha value is -5.59. The number of nitrogens with one attached hydrogen (secondary N) is 8. The smallest absolute Gasteiger partial charge is 0.322 e. The van der Waals surface area contributed by atoms with Crippen molar-refractivity contribution in [1.82, 2.24) is 56.5 Å². The number of hydrogen-bond donors (Lipinski definition) is 10. The highest BCUT2D eigenvalue weighted by Crippen LogP contribution is 2.03. The second-order valence-corrected chi connectivity index (χ2v) is 9.24. The Labute approximate surface area is 243 Å². The third-order valence-corrected chi connectivity index (χ3v) is 5.86. The van der Waals surface area contributed by atoms with Crippen LogP contribution >= 0.6 is 0 Å². The van der Waals surface area contributed by atoms with Crippen LogP contribution in [0.25, 0.3) is 0 Å². The molecular formula is C24H32N12O7. The summed E-state index contributed by atoms with van der Waals surface area (Å²) in [5.74, 6) is -4.80. The molecular weight excluding hydrogens is 568 g/mol. The van der Waals surface area contributed by atoms with E-state index in [9.17, 15) is 28.8 Å². The van der Waals surface area contributed by atoms with Gasteiger partial charge in [-0.1, -0.05) is 0 Å². The molecule has 0 aliphatic rings. The van der Waals surface area contributed by atoms with E-state index in [-0.39, 0.29) is 19.3 Å². The van der Waals surface area contributed by atoms with Crippen molar-refractivity contribution in [3.63, 3.8) is 0 Å². The lowest BCUT2D eigenvalue weighted by Crippen LogP contribution is -2.56. The van der Waals surface area contributed by atoms with Gasteiger partial charge in [0.2, 0.25) is 29.5 Å². The number of hydrogen-bond acceptors (Lipinski definition) is 10. The van der Waals surface area contributed by atoms with Crippen LogP contribution in [0.15, 0.2) is 37.6 Å². The van der Waals surface area contributed by atoms with Gasteiger partial charge in [-0.3, -0.25) is 28.8 Å². The average Bonchev–Trinajstić information content (AvgIpc) is 3.77. The summed E-state index contributed by atoms with van der Waals surface area (Å²) in [6.07, 6.45) is 8.67. The van der Waals surface area contributed by atoms with Crippen LogP contribution in [0.3, 0.4) is 0 Å². The second kappa shape index (κ2) is 16.0. The number of nitrogens with zero attached hydrogens (tertiary/aromatic N) is 3. The van der Waals surface area contributed by atoms with E-state index in [0.717, 1.165) is 0 Å². The second-order valence-electron chi connectivity index (χ2n) is 9.24. The fourth-order valence-electron chi connectivity index (χ4n) is 3.72. The van der Waals surface area contributed by atoms with Crippen LogP contribution in [0.5, 0.6) is 0 Å². The van der Waals surface area contributed by atoms with Gasteiger partial charge in [0.1, 0.15) is 18.6 Å². The average molecular weight is 601 g/mol.